The number of ether oxygens (including phenoxy) is 3. The fourth-order valence-electron chi connectivity index (χ4n) is 4.08. The quantitative estimate of drug-likeness (QED) is 0.171. The summed E-state index contributed by atoms with van der Waals surface area (Å²) in [5.41, 5.74) is 1.34. The Labute approximate surface area is 237 Å². The van der Waals surface area contributed by atoms with Crippen molar-refractivity contribution in [2.75, 3.05) is 14.2 Å². The molecule has 0 aliphatic heterocycles. The lowest BCUT2D eigenvalue weighted by molar-refractivity contribution is 0.207. The number of fused-ring (bicyclic) bond motifs is 2. The predicted octanol–water partition coefficient (Wildman–Crippen LogP) is 7.30. The number of para-hydroxylation sites is 1. The third-order valence-electron chi connectivity index (χ3n) is 6.30. The first-order chi connectivity index (χ1) is 18.9. The smallest absolute Gasteiger partial charge is 0.282 e. The minimum absolute atomic E-state index is 0.0601. The summed E-state index contributed by atoms with van der Waals surface area (Å²) in [6.45, 7) is 3.97. The number of methoxy groups -OCH3 is 2. The molecule has 200 valence electrons. The number of furan rings is 1. The van der Waals surface area contributed by atoms with Crippen molar-refractivity contribution in [2.45, 2.75) is 26.4 Å². The van der Waals surface area contributed by atoms with Gasteiger partial charge in [-0.2, -0.15) is 9.78 Å². The predicted molar refractivity (Wildman–Crippen MR) is 157 cm³/mol. The molecule has 0 saturated carbocycles. The molecule has 5 rings (SSSR count). The van der Waals surface area contributed by atoms with Crippen molar-refractivity contribution in [1.82, 2.24) is 9.66 Å². The van der Waals surface area contributed by atoms with Crippen LogP contribution >= 0.6 is 27.5 Å². The van der Waals surface area contributed by atoms with Gasteiger partial charge in [-0.05, 0) is 65.7 Å². The molecule has 0 aliphatic carbocycles. The zero-order valence-electron chi connectivity index (χ0n) is 21.7. The lowest BCUT2D eigenvalue weighted by Crippen LogP contribution is -2.20. The standard InChI is InChI=1S/C29H25BrClN3O5/c1-5-16(2)38-27-23(37-4)13-17(25(30)26(27)31)15-32-34-28(33-20-10-7-6-9-18(20)29(34)35)24-14-19-21(36-3)11-8-12-22(19)39-24/h6-16H,5H2,1-4H3/t16-/m1/s1. The van der Waals surface area contributed by atoms with E-state index in [1.807, 2.05) is 38.1 Å². The van der Waals surface area contributed by atoms with Crippen LogP contribution in [0.2, 0.25) is 5.02 Å². The van der Waals surface area contributed by atoms with Crippen LogP contribution in [0, 0.1) is 0 Å². The Kier molecular flexibility index (Phi) is 7.63. The number of benzene rings is 3. The lowest BCUT2D eigenvalue weighted by Gasteiger charge is -2.18. The summed E-state index contributed by atoms with van der Waals surface area (Å²) in [6.07, 6.45) is 2.25. The van der Waals surface area contributed by atoms with Gasteiger partial charge >= 0.3 is 0 Å². The Balaban J connectivity index is 1.68. The summed E-state index contributed by atoms with van der Waals surface area (Å²) >= 11 is 10.2. The SMILES string of the molecule is CC[C@@H](C)Oc1c(OC)cc(C=Nn2c(-c3cc4c(OC)cccc4o3)nc3ccccc3c2=O)c(Br)c1Cl. The van der Waals surface area contributed by atoms with Crippen LogP contribution in [0.5, 0.6) is 17.2 Å². The van der Waals surface area contributed by atoms with Gasteiger partial charge in [-0.25, -0.2) is 4.98 Å². The largest absolute Gasteiger partial charge is 0.496 e. The van der Waals surface area contributed by atoms with E-state index < -0.39 is 0 Å². The molecule has 0 spiro atoms. The van der Waals surface area contributed by atoms with E-state index >= 15 is 0 Å². The highest BCUT2D eigenvalue weighted by atomic mass is 79.9. The van der Waals surface area contributed by atoms with Crippen molar-refractivity contribution in [3.05, 3.63) is 80.0 Å². The third-order valence-corrected chi connectivity index (χ3v) is 7.74. The van der Waals surface area contributed by atoms with E-state index in [0.29, 0.717) is 54.6 Å². The van der Waals surface area contributed by atoms with Gasteiger partial charge in [-0.15, -0.1) is 0 Å². The van der Waals surface area contributed by atoms with E-state index in [0.717, 1.165) is 11.8 Å². The van der Waals surface area contributed by atoms with Gasteiger partial charge in [0.15, 0.2) is 17.3 Å². The Bertz CT molecular complexity index is 1780. The number of halogens is 2. The molecule has 0 unspecified atom stereocenters. The molecule has 0 N–H and O–H groups in total. The van der Waals surface area contributed by atoms with Crippen LogP contribution in [-0.2, 0) is 0 Å². The topological polar surface area (TPSA) is 88.1 Å². The second-order valence-electron chi connectivity index (χ2n) is 8.76. The molecule has 39 heavy (non-hydrogen) atoms. The summed E-state index contributed by atoms with van der Waals surface area (Å²) in [4.78, 5) is 18.4. The van der Waals surface area contributed by atoms with Crippen molar-refractivity contribution >= 4 is 55.6 Å². The molecule has 0 radical (unpaired) electrons. The summed E-state index contributed by atoms with van der Waals surface area (Å²) in [7, 11) is 3.13. The summed E-state index contributed by atoms with van der Waals surface area (Å²) in [5, 5.41) is 6.05. The molecule has 0 fully saturated rings. The number of rotatable bonds is 8. The molecule has 0 saturated heterocycles. The van der Waals surface area contributed by atoms with Gasteiger partial charge in [0.1, 0.15) is 16.4 Å². The van der Waals surface area contributed by atoms with Gasteiger partial charge in [0.2, 0.25) is 5.82 Å². The first-order valence-corrected chi connectivity index (χ1v) is 13.4. The van der Waals surface area contributed by atoms with Gasteiger partial charge in [-0.3, -0.25) is 4.79 Å². The highest BCUT2D eigenvalue weighted by Crippen LogP contribution is 2.43. The molecular weight excluding hydrogens is 586 g/mol. The third kappa shape index (κ3) is 4.99. The van der Waals surface area contributed by atoms with Gasteiger partial charge < -0.3 is 18.6 Å². The van der Waals surface area contributed by atoms with Crippen molar-refractivity contribution in [1.29, 1.82) is 0 Å². The van der Waals surface area contributed by atoms with E-state index in [1.54, 1.807) is 37.4 Å². The monoisotopic (exact) mass is 609 g/mol. The molecule has 5 aromatic rings. The molecule has 2 aromatic heterocycles. The van der Waals surface area contributed by atoms with E-state index in [4.69, 9.17) is 35.2 Å². The zero-order chi connectivity index (χ0) is 27.7. The second-order valence-corrected chi connectivity index (χ2v) is 9.93. The van der Waals surface area contributed by atoms with Crippen LogP contribution in [0.15, 0.2) is 73.4 Å². The first kappa shape index (κ1) is 26.8. The maximum atomic E-state index is 13.6. The molecule has 2 heterocycles. The fourth-order valence-corrected chi connectivity index (χ4v) is 4.72. The van der Waals surface area contributed by atoms with Crippen LogP contribution in [-0.4, -0.2) is 36.2 Å². The van der Waals surface area contributed by atoms with Crippen molar-refractivity contribution < 1.29 is 18.6 Å². The molecule has 0 bridgehead atoms. The van der Waals surface area contributed by atoms with Crippen LogP contribution in [0.1, 0.15) is 25.8 Å². The lowest BCUT2D eigenvalue weighted by atomic mass is 10.2. The van der Waals surface area contributed by atoms with Crippen molar-refractivity contribution in [3.63, 3.8) is 0 Å². The maximum Gasteiger partial charge on any atom is 0.282 e. The zero-order valence-corrected chi connectivity index (χ0v) is 24.0. The minimum Gasteiger partial charge on any atom is -0.496 e. The van der Waals surface area contributed by atoms with E-state index in [9.17, 15) is 4.79 Å². The summed E-state index contributed by atoms with van der Waals surface area (Å²) < 4.78 is 24.9. The van der Waals surface area contributed by atoms with E-state index in [1.165, 1.54) is 18.0 Å². The van der Waals surface area contributed by atoms with Crippen LogP contribution in [0.25, 0.3) is 33.5 Å². The Morgan fingerprint density at radius 1 is 1.10 bits per heavy atom. The molecule has 8 nitrogen and oxygen atoms in total. The Morgan fingerprint density at radius 3 is 2.62 bits per heavy atom. The van der Waals surface area contributed by atoms with E-state index in [2.05, 4.69) is 21.0 Å². The fraction of sp³-hybridized carbons (Fsp3) is 0.207. The highest BCUT2D eigenvalue weighted by molar-refractivity contribution is 9.10. The number of hydrogen-bond donors (Lipinski definition) is 0. The van der Waals surface area contributed by atoms with Gasteiger partial charge in [-0.1, -0.05) is 36.7 Å². The number of hydrogen-bond acceptors (Lipinski definition) is 7. The highest BCUT2D eigenvalue weighted by Gasteiger charge is 2.20. The first-order valence-electron chi connectivity index (χ1n) is 12.2. The number of nitrogens with zero attached hydrogens (tertiary/aromatic N) is 3. The van der Waals surface area contributed by atoms with Gasteiger partial charge in [0.05, 0.1) is 42.8 Å². The van der Waals surface area contributed by atoms with Gasteiger partial charge in [0.25, 0.3) is 5.56 Å². The minimum atomic E-state index is -0.356. The Hall–Kier alpha value is -3.82. The summed E-state index contributed by atoms with van der Waals surface area (Å²) in [6, 6.07) is 16.1. The van der Waals surface area contributed by atoms with Crippen molar-refractivity contribution in [2.24, 2.45) is 5.10 Å². The van der Waals surface area contributed by atoms with E-state index in [-0.39, 0.29) is 17.5 Å². The van der Waals surface area contributed by atoms with Crippen LogP contribution in [0.3, 0.4) is 0 Å². The maximum absolute atomic E-state index is 13.6. The molecule has 1 atom stereocenters. The molecule has 0 amide bonds. The Morgan fingerprint density at radius 2 is 1.87 bits per heavy atom. The normalized spacial score (nSPS) is 12.4. The summed E-state index contributed by atoms with van der Waals surface area (Å²) in [5.74, 6) is 2.11. The second kappa shape index (κ2) is 11.1. The average molecular weight is 611 g/mol. The molecule has 3 aromatic carbocycles. The van der Waals surface area contributed by atoms with Crippen LogP contribution in [0.4, 0.5) is 0 Å². The molecule has 0 aliphatic rings. The van der Waals surface area contributed by atoms with Crippen molar-refractivity contribution in [3.8, 4) is 28.8 Å². The van der Waals surface area contributed by atoms with Crippen LogP contribution < -0.4 is 19.8 Å². The van der Waals surface area contributed by atoms with Gasteiger partial charge in [0, 0.05) is 10.0 Å². The molecular formula is C29H25BrClN3O5. The average Bonchev–Trinajstić information content (AvgIpc) is 3.40. The number of aromatic nitrogens is 2. The molecule has 10 heteroatoms.